The minimum absolute atomic E-state index is 0.0384. The van der Waals surface area contributed by atoms with E-state index in [0.29, 0.717) is 29.1 Å². The third-order valence-corrected chi connectivity index (χ3v) is 4.81. The summed E-state index contributed by atoms with van der Waals surface area (Å²) >= 11 is 0. The molecule has 3 rings (SSSR count). The Hall–Kier alpha value is -3.75. The summed E-state index contributed by atoms with van der Waals surface area (Å²) in [6.45, 7) is 4.73. The van der Waals surface area contributed by atoms with Crippen molar-refractivity contribution in [3.8, 4) is 5.75 Å². The van der Waals surface area contributed by atoms with E-state index in [9.17, 15) is 19.7 Å². The molecule has 1 N–H and O–H groups in total. The SMILES string of the molecule is COc1cc2c(cc1NC(C)=O)CC(C)N(C(C)=O)N=C2c1ccc([N+](=O)[O-])cc1. The van der Waals surface area contributed by atoms with Gasteiger partial charge in [0.25, 0.3) is 5.69 Å². The third-order valence-electron chi connectivity index (χ3n) is 4.81. The molecule has 0 aliphatic carbocycles. The average molecular weight is 410 g/mol. The molecule has 0 bridgehead atoms. The number of hydrogen-bond acceptors (Lipinski definition) is 6. The number of hydrazone groups is 1. The maximum absolute atomic E-state index is 12.2. The quantitative estimate of drug-likeness (QED) is 0.614. The van der Waals surface area contributed by atoms with E-state index in [0.717, 1.165) is 11.1 Å². The van der Waals surface area contributed by atoms with Crippen LogP contribution in [0.5, 0.6) is 5.75 Å². The second-order valence-corrected chi connectivity index (χ2v) is 7.06. The number of carbonyl (C=O) groups is 2. The van der Waals surface area contributed by atoms with Crippen LogP contribution in [0.2, 0.25) is 0 Å². The Kier molecular flexibility index (Phi) is 5.81. The first-order chi connectivity index (χ1) is 14.2. The monoisotopic (exact) mass is 410 g/mol. The molecule has 30 heavy (non-hydrogen) atoms. The molecule has 0 saturated heterocycles. The molecule has 9 heteroatoms. The predicted molar refractivity (Wildman–Crippen MR) is 112 cm³/mol. The molecule has 1 aliphatic rings. The number of hydrogen-bond donors (Lipinski definition) is 1. The van der Waals surface area contributed by atoms with E-state index in [-0.39, 0.29) is 23.5 Å². The second kappa shape index (κ2) is 8.32. The highest BCUT2D eigenvalue weighted by Gasteiger charge is 2.27. The first kappa shape index (κ1) is 21.0. The lowest BCUT2D eigenvalue weighted by Gasteiger charge is -2.21. The molecule has 0 spiro atoms. The van der Waals surface area contributed by atoms with Crippen LogP contribution in [-0.2, 0) is 16.0 Å². The second-order valence-electron chi connectivity index (χ2n) is 7.06. The van der Waals surface area contributed by atoms with Crippen LogP contribution in [0.1, 0.15) is 37.5 Å². The van der Waals surface area contributed by atoms with Crippen LogP contribution in [0.3, 0.4) is 0 Å². The van der Waals surface area contributed by atoms with Gasteiger partial charge in [-0.15, -0.1) is 0 Å². The molecular weight excluding hydrogens is 388 g/mol. The molecule has 2 aromatic rings. The molecule has 2 amide bonds. The van der Waals surface area contributed by atoms with Crippen LogP contribution in [0.25, 0.3) is 0 Å². The molecule has 1 heterocycles. The minimum atomic E-state index is -0.473. The zero-order chi connectivity index (χ0) is 22.0. The maximum Gasteiger partial charge on any atom is 0.269 e. The number of fused-ring (bicyclic) bond motifs is 1. The summed E-state index contributed by atoms with van der Waals surface area (Å²) < 4.78 is 5.45. The summed E-state index contributed by atoms with van der Waals surface area (Å²) in [6.07, 6.45) is 0.505. The first-order valence-electron chi connectivity index (χ1n) is 9.33. The van der Waals surface area contributed by atoms with Gasteiger partial charge < -0.3 is 10.1 Å². The number of non-ortho nitro benzene ring substituents is 1. The van der Waals surface area contributed by atoms with Crippen LogP contribution in [0.4, 0.5) is 11.4 Å². The van der Waals surface area contributed by atoms with Gasteiger partial charge in [0.2, 0.25) is 11.8 Å². The molecule has 1 atom stereocenters. The van der Waals surface area contributed by atoms with Crippen LogP contribution in [0, 0.1) is 10.1 Å². The highest BCUT2D eigenvalue weighted by molar-refractivity contribution is 6.15. The van der Waals surface area contributed by atoms with Gasteiger partial charge in [-0.25, -0.2) is 5.01 Å². The number of nitrogens with one attached hydrogen (secondary N) is 1. The van der Waals surface area contributed by atoms with Gasteiger partial charge in [-0.05, 0) is 43.2 Å². The summed E-state index contributed by atoms with van der Waals surface area (Å²) in [5, 5.41) is 19.8. The minimum Gasteiger partial charge on any atom is -0.495 e. The topological polar surface area (TPSA) is 114 Å². The van der Waals surface area contributed by atoms with Gasteiger partial charge in [0.15, 0.2) is 0 Å². The van der Waals surface area contributed by atoms with Crippen molar-refractivity contribution in [2.24, 2.45) is 5.10 Å². The number of rotatable bonds is 4. The van der Waals surface area contributed by atoms with Crippen molar-refractivity contribution in [1.82, 2.24) is 5.01 Å². The lowest BCUT2D eigenvalue weighted by molar-refractivity contribution is -0.384. The lowest BCUT2D eigenvalue weighted by Crippen LogP contribution is -2.33. The number of nitro groups is 1. The smallest absolute Gasteiger partial charge is 0.269 e. The van der Waals surface area contributed by atoms with Crippen molar-refractivity contribution in [1.29, 1.82) is 0 Å². The van der Waals surface area contributed by atoms with Crippen LogP contribution < -0.4 is 10.1 Å². The van der Waals surface area contributed by atoms with E-state index < -0.39 is 4.92 Å². The van der Waals surface area contributed by atoms with Gasteiger partial charge in [-0.1, -0.05) is 0 Å². The summed E-state index contributed by atoms with van der Waals surface area (Å²) in [7, 11) is 1.50. The van der Waals surface area contributed by atoms with Crippen molar-refractivity contribution in [2.45, 2.75) is 33.2 Å². The van der Waals surface area contributed by atoms with Gasteiger partial charge in [0.1, 0.15) is 5.75 Å². The Bertz CT molecular complexity index is 1050. The number of carbonyl (C=O) groups excluding carboxylic acids is 2. The molecule has 0 saturated carbocycles. The fourth-order valence-corrected chi connectivity index (χ4v) is 3.47. The van der Waals surface area contributed by atoms with E-state index >= 15 is 0 Å². The molecule has 0 fully saturated rings. The van der Waals surface area contributed by atoms with Crippen LogP contribution in [-0.4, -0.2) is 40.6 Å². The van der Waals surface area contributed by atoms with E-state index in [1.165, 1.54) is 38.1 Å². The van der Waals surface area contributed by atoms with Crippen LogP contribution in [0.15, 0.2) is 41.5 Å². The average Bonchev–Trinajstić information content (AvgIpc) is 2.82. The lowest BCUT2D eigenvalue weighted by atomic mass is 9.93. The van der Waals surface area contributed by atoms with E-state index in [2.05, 4.69) is 10.4 Å². The number of methoxy groups -OCH3 is 1. The van der Waals surface area contributed by atoms with Gasteiger partial charge >= 0.3 is 0 Å². The van der Waals surface area contributed by atoms with Gasteiger partial charge in [0.05, 0.1) is 29.5 Å². The Morgan fingerprint density at radius 1 is 1.23 bits per heavy atom. The van der Waals surface area contributed by atoms with Gasteiger partial charge in [-0.2, -0.15) is 5.10 Å². The number of nitro benzene ring substituents is 1. The normalized spacial score (nSPS) is 15.5. The maximum atomic E-state index is 12.2. The molecular formula is C21H22N4O5. The first-order valence-corrected chi connectivity index (χ1v) is 9.33. The highest BCUT2D eigenvalue weighted by atomic mass is 16.6. The molecule has 9 nitrogen and oxygen atoms in total. The van der Waals surface area contributed by atoms with Gasteiger partial charge in [0, 0.05) is 37.1 Å². The summed E-state index contributed by atoms with van der Waals surface area (Å²) in [5.41, 5.74) is 3.20. The van der Waals surface area contributed by atoms with Crippen molar-refractivity contribution >= 4 is 28.9 Å². The Morgan fingerprint density at radius 2 is 1.90 bits per heavy atom. The van der Waals surface area contributed by atoms with E-state index in [1.54, 1.807) is 18.2 Å². The molecule has 156 valence electrons. The van der Waals surface area contributed by atoms with Crippen molar-refractivity contribution < 1.29 is 19.2 Å². The standard InChI is InChI=1S/C21H22N4O5/c1-12-9-16-10-19(22-13(2)26)20(30-4)11-18(16)21(23-24(12)14(3)27)15-5-7-17(8-6-15)25(28)29/h5-8,10-12H,9H2,1-4H3,(H,22,26). The molecule has 2 aromatic carbocycles. The Balaban J connectivity index is 2.22. The number of benzene rings is 2. The summed E-state index contributed by atoms with van der Waals surface area (Å²) in [6, 6.07) is 9.34. The Labute approximate surface area is 173 Å². The third kappa shape index (κ3) is 4.14. The summed E-state index contributed by atoms with van der Waals surface area (Å²) in [5.74, 6) is -0.00389. The number of ether oxygens (including phenoxy) is 1. The Morgan fingerprint density at radius 3 is 2.43 bits per heavy atom. The fourth-order valence-electron chi connectivity index (χ4n) is 3.47. The highest BCUT2D eigenvalue weighted by Crippen LogP contribution is 2.33. The molecule has 1 aliphatic heterocycles. The zero-order valence-electron chi connectivity index (χ0n) is 17.1. The van der Waals surface area contributed by atoms with E-state index in [4.69, 9.17) is 4.74 Å². The molecule has 0 radical (unpaired) electrons. The van der Waals surface area contributed by atoms with Crippen molar-refractivity contribution in [3.63, 3.8) is 0 Å². The number of amides is 2. The number of anilines is 1. The largest absolute Gasteiger partial charge is 0.495 e. The zero-order valence-corrected chi connectivity index (χ0v) is 17.1. The fraction of sp³-hybridized carbons (Fsp3) is 0.286. The van der Waals surface area contributed by atoms with Crippen LogP contribution >= 0.6 is 0 Å². The summed E-state index contributed by atoms with van der Waals surface area (Å²) in [4.78, 5) is 34.3. The van der Waals surface area contributed by atoms with E-state index in [1.807, 2.05) is 13.0 Å². The predicted octanol–water partition coefficient (Wildman–Crippen LogP) is 3.11. The molecule has 1 unspecified atom stereocenters. The van der Waals surface area contributed by atoms with Gasteiger partial charge in [-0.3, -0.25) is 19.7 Å². The molecule has 0 aromatic heterocycles. The van der Waals surface area contributed by atoms with Crippen molar-refractivity contribution in [2.75, 3.05) is 12.4 Å². The number of nitrogens with zero attached hydrogens (tertiary/aromatic N) is 3. The van der Waals surface area contributed by atoms with Crippen molar-refractivity contribution in [3.05, 3.63) is 63.2 Å².